The molecule has 1 aromatic carbocycles. The number of rotatable bonds is 4. The smallest absolute Gasteiger partial charge is 0.260 e. The minimum atomic E-state index is 0.0686. The van der Waals surface area contributed by atoms with E-state index < -0.39 is 0 Å². The number of hydrogen-bond donors (Lipinski definition) is 0. The normalized spacial score (nSPS) is 16.9. The summed E-state index contributed by atoms with van der Waals surface area (Å²) in [5.41, 5.74) is 3.55. The summed E-state index contributed by atoms with van der Waals surface area (Å²) in [6.07, 6.45) is 6.17. The number of hydrogen-bond acceptors (Lipinski definition) is 4. The van der Waals surface area contributed by atoms with E-state index in [1.807, 2.05) is 17.0 Å². The van der Waals surface area contributed by atoms with E-state index in [0.29, 0.717) is 0 Å². The molecule has 1 aliphatic heterocycles. The van der Waals surface area contributed by atoms with Crippen LogP contribution in [0.1, 0.15) is 24.1 Å². The van der Waals surface area contributed by atoms with E-state index in [1.165, 1.54) is 24.1 Å². The number of benzene rings is 1. The van der Waals surface area contributed by atoms with Crippen LogP contribution < -0.4 is 9.64 Å². The molecule has 1 fully saturated rings. The van der Waals surface area contributed by atoms with Gasteiger partial charge in [0, 0.05) is 49.3 Å². The van der Waals surface area contributed by atoms with Gasteiger partial charge < -0.3 is 14.5 Å². The fourth-order valence-corrected chi connectivity index (χ4v) is 3.81. The molecule has 5 heteroatoms. The number of para-hydroxylation sites is 1. The predicted molar refractivity (Wildman–Crippen MR) is 102 cm³/mol. The Morgan fingerprint density at radius 2 is 1.77 bits per heavy atom. The average molecular weight is 351 g/mol. The lowest BCUT2D eigenvalue weighted by Gasteiger charge is -2.36. The summed E-state index contributed by atoms with van der Waals surface area (Å²) in [5, 5.41) is 0. The number of fused-ring (bicyclic) bond motifs is 1. The zero-order chi connectivity index (χ0) is 17.8. The quantitative estimate of drug-likeness (QED) is 0.850. The minimum Gasteiger partial charge on any atom is -0.483 e. The number of pyridine rings is 1. The van der Waals surface area contributed by atoms with Gasteiger partial charge in [-0.1, -0.05) is 18.2 Å². The Balaban J connectivity index is 1.31. The van der Waals surface area contributed by atoms with Crippen LogP contribution in [-0.2, 0) is 17.6 Å². The molecule has 2 aromatic rings. The van der Waals surface area contributed by atoms with Crippen molar-refractivity contribution in [1.82, 2.24) is 9.88 Å². The van der Waals surface area contributed by atoms with Crippen LogP contribution in [-0.4, -0.2) is 48.6 Å². The van der Waals surface area contributed by atoms with Crippen LogP contribution in [0.5, 0.6) is 5.75 Å². The molecule has 136 valence electrons. The molecule has 1 amide bonds. The topological polar surface area (TPSA) is 45.7 Å². The molecule has 0 N–H and O–H groups in total. The average Bonchev–Trinajstić information content (AvgIpc) is 2.73. The van der Waals surface area contributed by atoms with Crippen molar-refractivity contribution in [2.75, 3.05) is 37.7 Å². The largest absolute Gasteiger partial charge is 0.483 e. The van der Waals surface area contributed by atoms with E-state index in [4.69, 9.17) is 4.74 Å². The molecule has 1 saturated heterocycles. The highest BCUT2D eigenvalue weighted by Gasteiger charge is 2.22. The van der Waals surface area contributed by atoms with Crippen molar-refractivity contribution < 1.29 is 9.53 Å². The van der Waals surface area contributed by atoms with Gasteiger partial charge in [0.2, 0.25) is 0 Å². The summed E-state index contributed by atoms with van der Waals surface area (Å²) in [4.78, 5) is 21.2. The van der Waals surface area contributed by atoms with Gasteiger partial charge in [-0.15, -0.1) is 0 Å². The highest BCUT2D eigenvalue weighted by atomic mass is 16.5. The SMILES string of the molecule is O=C(COc1ccnc2c1CCCC2)N1CCN(c2ccccc2)CC1. The molecular formula is C21H25N3O2. The monoisotopic (exact) mass is 351 g/mol. The molecule has 1 aromatic heterocycles. The summed E-state index contributed by atoms with van der Waals surface area (Å²) in [7, 11) is 0. The van der Waals surface area contributed by atoms with Crippen LogP contribution in [0.2, 0.25) is 0 Å². The van der Waals surface area contributed by atoms with Crippen molar-refractivity contribution in [2.24, 2.45) is 0 Å². The standard InChI is InChI=1S/C21H25N3O2/c25-21(16-26-20-10-11-22-19-9-5-4-8-18(19)20)24-14-12-23(13-15-24)17-6-2-1-3-7-17/h1-3,6-7,10-11H,4-5,8-9,12-16H2. The Labute approximate surface area is 154 Å². The van der Waals surface area contributed by atoms with Crippen molar-refractivity contribution >= 4 is 11.6 Å². The van der Waals surface area contributed by atoms with Gasteiger partial charge in [-0.2, -0.15) is 0 Å². The Morgan fingerprint density at radius 1 is 1.00 bits per heavy atom. The van der Waals surface area contributed by atoms with E-state index in [1.54, 1.807) is 6.20 Å². The van der Waals surface area contributed by atoms with Crippen LogP contribution in [0, 0.1) is 0 Å². The summed E-state index contributed by atoms with van der Waals surface area (Å²) < 4.78 is 5.89. The fraction of sp³-hybridized carbons (Fsp3) is 0.429. The first-order chi connectivity index (χ1) is 12.8. The van der Waals surface area contributed by atoms with E-state index in [0.717, 1.165) is 50.5 Å². The van der Waals surface area contributed by atoms with E-state index >= 15 is 0 Å². The number of amides is 1. The third-order valence-corrected chi connectivity index (χ3v) is 5.30. The second kappa shape index (κ2) is 7.77. The molecule has 2 aliphatic rings. The van der Waals surface area contributed by atoms with Crippen LogP contribution in [0.25, 0.3) is 0 Å². The number of aromatic nitrogens is 1. The van der Waals surface area contributed by atoms with Crippen LogP contribution in [0.15, 0.2) is 42.6 Å². The summed E-state index contributed by atoms with van der Waals surface area (Å²) in [6.45, 7) is 3.32. The van der Waals surface area contributed by atoms with Crippen LogP contribution in [0.3, 0.4) is 0 Å². The minimum absolute atomic E-state index is 0.0686. The summed E-state index contributed by atoms with van der Waals surface area (Å²) in [6, 6.07) is 12.3. The zero-order valence-corrected chi connectivity index (χ0v) is 15.1. The van der Waals surface area contributed by atoms with Gasteiger partial charge in [0.05, 0.1) is 0 Å². The molecule has 2 heterocycles. The lowest BCUT2D eigenvalue weighted by Crippen LogP contribution is -2.50. The molecular weight excluding hydrogens is 326 g/mol. The van der Waals surface area contributed by atoms with Gasteiger partial charge in [-0.25, -0.2) is 0 Å². The highest BCUT2D eigenvalue weighted by molar-refractivity contribution is 5.78. The first-order valence-corrected chi connectivity index (χ1v) is 9.48. The third-order valence-electron chi connectivity index (χ3n) is 5.30. The lowest BCUT2D eigenvalue weighted by atomic mass is 9.95. The van der Waals surface area contributed by atoms with E-state index in [2.05, 4.69) is 34.1 Å². The molecule has 0 atom stereocenters. The second-order valence-electron chi connectivity index (χ2n) is 6.93. The maximum absolute atomic E-state index is 12.5. The predicted octanol–water partition coefficient (Wildman–Crippen LogP) is 2.69. The fourth-order valence-electron chi connectivity index (χ4n) is 3.81. The summed E-state index contributed by atoms with van der Waals surface area (Å²) in [5.74, 6) is 0.907. The van der Waals surface area contributed by atoms with Crippen molar-refractivity contribution in [2.45, 2.75) is 25.7 Å². The third kappa shape index (κ3) is 3.66. The Morgan fingerprint density at radius 3 is 2.58 bits per heavy atom. The highest BCUT2D eigenvalue weighted by Crippen LogP contribution is 2.28. The number of carbonyl (C=O) groups excluding carboxylic acids is 1. The molecule has 5 nitrogen and oxygen atoms in total. The van der Waals surface area contributed by atoms with E-state index in [-0.39, 0.29) is 12.5 Å². The van der Waals surface area contributed by atoms with Crippen LogP contribution >= 0.6 is 0 Å². The Hall–Kier alpha value is -2.56. The second-order valence-corrected chi connectivity index (χ2v) is 6.93. The summed E-state index contributed by atoms with van der Waals surface area (Å²) >= 11 is 0. The van der Waals surface area contributed by atoms with E-state index in [9.17, 15) is 4.79 Å². The van der Waals surface area contributed by atoms with Gasteiger partial charge in [0.1, 0.15) is 5.75 Å². The lowest BCUT2D eigenvalue weighted by molar-refractivity contribution is -0.133. The molecule has 0 saturated carbocycles. The van der Waals surface area contributed by atoms with Crippen molar-refractivity contribution in [1.29, 1.82) is 0 Å². The molecule has 0 radical (unpaired) electrons. The number of piperazine rings is 1. The number of nitrogens with zero attached hydrogens (tertiary/aromatic N) is 3. The zero-order valence-electron chi connectivity index (χ0n) is 15.1. The van der Waals surface area contributed by atoms with Crippen molar-refractivity contribution in [3.63, 3.8) is 0 Å². The van der Waals surface area contributed by atoms with Gasteiger partial charge >= 0.3 is 0 Å². The van der Waals surface area contributed by atoms with Gasteiger partial charge in [-0.05, 0) is 43.9 Å². The first-order valence-electron chi connectivity index (χ1n) is 9.48. The maximum atomic E-state index is 12.5. The van der Waals surface area contributed by atoms with Crippen LogP contribution in [0.4, 0.5) is 5.69 Å². The van der Waals surface area contributed by atoms with Gasteiger partial charge in [0.15, 0.2) is 6.61 Å². The number of aryl methyl sites for hydroxylation is 1. The number of anilines is 1. The Bertz CT molecular complexity index is 755. The molecule has 0 spiro atoms. The van der Waals surface area contributed by atoms with Gasteiger partial charge in [-0.3, -0.25) is 9.78 Å². The van der Waals surface area contributed by atoms with Crippen molar-refractivity contribution in [3.05, 3.63) is 53.9 Å². The molecule has 4 rings (SSSR count). The Kier molecular flexibility index (Phi) is 5.04. The first kappa shape index (κ1) is 16.9. The maximum Gasteiger partial charge on any atom is 0.260 e. The molecule has 1 aliphatic carbocycles. The molecule has 0 bridgehead atoms. The van der Waals surface area contributed by atoms with Gasteiger partial charge in [0.25, 0.3) is 5.91 Å². The van der Waals surface area contributed by atoms with Crippen molar-refractivity contribution in [3.8, 4) is 5.75 Å². The number of carbonyl (C=O) groups is 1. The molecule has 0 unspecified atom stereocenters. The number of ether oxygens (including phenoxy) is 1. The molecule has 26 heavy (non-hydrogen) atoms.